The van der Waals surface area contributed by atoms with E-state index in [1.807, 2.05) is 56.6 Å². The fourth-order valence-corrected chi connectivity index (χ4v) is 7.21. The average molecular weight is 577 g/mol. The van der Waals surface area contributed by atoms with Crippen LogP contribution in [-0.2, 0) is 31.1 Å². The maximum Gasteiger partial charge on any atom is 0.228 e. The highest BCUT2D eigenvalue weighted by atomic mass is 16.5. The number of rotatable bonds is 10. The number of fused-ring (bicyclic) bond motifs is 5. The lowest BCUT2D eigenvalue weighted by atomic mass is 9.67. The molecule has 0 unspecified atom stereocenters. The minimum atomic E-state index is -0.876. The van der Waals surface area contributed by atoms with Crippen molar-refractivity contribution in [2.75, 3.05) is 26.8 Å². The second-order valence-corrected chi connectivity index (χ2v) is 12.4. The number of nitrogens with zero attached hydrogens (tertiary/aromatic N) is 2. The highest BCUT2D eigenvalue weighted by Crippen LogP contribution is 2.50. The van der Waals surface area contributed by atoms with Gasteiger partial charge in [0, 0.05) is 73.4 Å². The average Bonchev–Trinajstić information content (AvgIpc) is 3.61. The number of H-pyrrole nitrogens is 1. The van der Waals surface area contributed by atoms with Gasteiger partial charge in [0.25, 0.3) is 0 Å². The highest BCUT2D eigenvalue weighted by Gasteiger charge is 2.57. The van der Waals surface area contributed by atoms with E-state index in [4.69, 9.17) is 9.15 Å². The van der Waals surface area contributed by atoms with Crippen LogP contribution in [0.3, 0.4) is 0 Å². The Kier molecular flexibility index (Phi) is 8.51. The Bertz CT molecular complexity index is 1430. The molecule has 42 heavy (non-hydrogen) atoms. The van der Waals surface area contributed by atoms with Crippen molar-refractivity contribution in [3.8, 4) is 11.3 Å². The number of aromatic nitrogens is 1. The molecule has 1 saturated heterocycles. The number of amides is 3. The molecular formula is C33H44N4O5. The summed E-state index contributed by atoms with van der Waals surface area (Å²) in [6, 6.07) is 10.0. The summed E-state index contributed by atoms with van der Waals surface area (Å²) in [6.07, 6.45) is 3.42. The first kappa shape index (κ1) is 29.9. The molecule has 3 atom stereocenters. The lowest BCUT2D eigenvalue weighted by Gasteiger charge is -2.54. The number of methoxy groups -OCH3 is 1. The summed E-state index contributed by atoms with van der Waals surface area (Å²) in [5.74, 6) is -0.498. The molecule has 0 radical (unpaired) electrons. The molecule has 2 N–H and O–H groups in total. The number of piperidine rings is 1. The lowest BCUT2D eigenvalue weighted by Crippen LogP contribution is -2.65. The summed E-state index contributed by atoms with van der Waals surface area (Å²) >= 11 is 0. The van der Waals surface area contributed by atoms with Crippen LogP contribution in [0, 0.1) is 11.8 Å². The zero-order valence-corrected chi connectivity index (χ0v) is 25.7. The maximum atomic E-state index is 14.5. The third-order valence-electron chi connectivity index (χ3n) is 9.12. The Morgan fingerprint density at radius 1 is 1.21 bits per heavy atom. The third kappa shape index (κ3) is 5.23. The van der Waals surface area contributed by atoms with Gasteiger partial charge in [-0.05, 0) is 77.6 Å². The predicted octanol–water partition coefficient (Wildman–Crippen LogP) is 4.85. The summed E-state index contributed by atoms with van der Waals surface area (Å²) < 4.78 is 10.7. The fourth-order valence-electron chi connectivity index (χ4n) is 7.21. The van der Waals surface area contributed by atoms with Gasteiger partial charge in [0.15, 0.2) is 0 Å². The quantitative estimate of drug-likeness (QED) is 0.336. The maximum absolute atomic E-state index is 14.5. The van der Waals surface area contributed by atoms with Crippen molar-refractivity contribution < 1.29 is 23.5 Å². The van der Waals surface area contributed by atoms with Crippen molar-refractivity contribution >= 4 is 28.6 Å². The summed E-state index contributed by atoms with van der Waals surface area (Å²) in [5, 5.41) is 4.02. The van der Waals surface area contributed by atoms with Crippen molar-refractivity contribution in [2.24, 2.45) is 11.8 Å². The van der Waals surface area contributed by atoms with Crippen LogP contribution in [0.15, 0.2) is 41.0 Å². The molecule has 1 aromatic carbocycles. The van der Waals surface area contributed by atoms with E-state index in [0.717, 1.165) is 33.5 Å². The van der Waals surface area contributed by atoms with Crippen LogP contribution in [0.25, 0.3) is 22.2 Å². The normalized spacial score (nSPS) is 22.0. The topological polar surface area (TPSA) is 108 Å². The molecule has 3 amide bonds. The standard InChI is InChI=1S/C33H44N4O5/c1-20(2)37(21(3)4)32(40)26-17-23(19-29(38)34-13-8-15-41-6)31(39)36-14-12-25-24-11-10-22(28-9-7-16-42-28)18-27(24)35-30(25)33(26,36)5/h7,9-11,16,18,20-21,23,26,35H,8,12-15,17,19H2,1-6H3,(H,34,38)/t23-,26-,33+/m1/s1. The Labute approximate surface area is 247 Å². The molecule has 0 aliphatic carbocycles. The van der Waals surface area contributed by atoms with Crippen molar-refractivity contribution in [2.45, 2.75) is 77.9 Å². The summed E-state index contributed by atoms with van der Waals surface area (Å²) in [7, 11) is 1.63. The number of benzene rings is 1. The molecule has 226 valence electrons. The molecule has 9 heteroatoms. The van der Waals surface area contributed by atoms with E-state index in [-0.39, 0.29) is 36.2 Å². The SMILES string of the molecule is COCCCNC(=O)C[C@H]1C[C@H](C(=O)N(C(C)C)C(C)C)[C@@]2(C)c3[nH]c4cc(-c5ccco5)ccc4c3CCN2C1=O. The molecule has 0 saturated carbocycles. The van der Waals surface area contributed by atoms with Gasteiger partial charge in [-0.1, -0.05) is 12.1 Å². The van der Waals surface area contributed by atoms with E-state index in [9.17, 15) is 14.4 Å². The number of hydrogen-bond acceptors (Lipinski definition) is 5. The van der Waals surface area contributed by atoms with Crippen LogP contribution in [0.1, 0.15) is 65.1 Å². The van der Waals surface area contributed by atoms with Gasteiger partial charge in [0.1, 0.15) is 5.76 Å². The molecule has 5 rings (SSSR count). The van der Waals surface area contributed by atoms with Crippen LogP contribution in [0.2, 0.25) is 0 Å². The second kappa shape index (κ2) is 12.0. The molecule has 0 spiro atoms. The lowest BCUT2D eigenvalue weighted by molar-refractivity contribution is -0.166. The van der Waals surface area contributed by atoms with Crippen molar-refractivity contribution in [3.63, 3.8) is 0 Å². The largest absolute Gasteiger partial charge is 0.464 e. The molecule has 1 fully saturated rings. The zero-order chi connectivity index (χ0) is 30.2. The number of ether oxygens (including phenoxy) is 1. The molecule has 3 aromatic rings. The number of carbonyl (C=O) groups is 3. The first-order valence-corrected chi connectivity index (χ1v) is 15.2. The molecule has 2 aromatic heterocycles. The van der Waals surface area contributed by atoms with Gasteiger partial charge < -0.3 is 29.3 Å². The van der Waals surface area contributed by atoms with Crippen LogP contribution >= 0.6 is 0 Å². The monoisotopic (exact) mass is 576 g/mol. The first-order chi connectivity index (χ1) is 20.1. The molecular weight excluding hydrogens is 532 g/mol. The Balaban J connectivity index is 1.55. The van der Waals surface area contributed by atoms with Crippen molar-refractivity contribution in [1.82, 2.24) is 20.1 Å². The third-order valence-corrected chi connectivity index (χ3v) is 9.12. The van der Waals surface area contributed by atoms with Gasteiger partial charge in [0.2, 0.25) is 17.7 Å². The van der Waals surface area contributed by atoms with Crippen LogP contribution < -0.4 is 5.32 Å². The number of carbonyl (C=O) groups excluding carboxylic acids is 3. The Hall–Kier alpha value is -3.59. The molecule has 2 aliphatic rings. The van der Waals surface area contributed by atoms with Crippen LogP contribution in [-0.4, -0.2) is 71.4 Å². The van der Waals surface area contributed by atoms with Gasteiger partial charge in [-0.3, -0.25) is 14.4 Å². The van der Waals surface area contributed by atoms with Gasteiger partial charge >= 0.3 is 0 Å². The van der Waals surface area contributed by atoms with E-state index in [1.54, 1.807) is 13.4 Å². The van der Waals surface area contributed by atoms with Crippen molar-refractivity contribution in [1.29, 1.82) is 0 Å². The molecule has 4 heterocycles. The number of aromatic amines is 1. The summed E-state index contributed by atoms with van der Waals surface area (Å²) in [6.45, 7) is 11.7. The second-order valence-electron chi connectivity index (χ2n) is 12.4. The van der Waals surface area contributed by atoms with E-state index in [0.29, 0.717) is 39.0 Å². The zero-order valence-electron chi connectivity index (χ0n) is 25.7. The van der Waals surface area contributed by atoms with E-state index < -0.39 is 17.4 Å². The van der Waals surface area contributed by atoms with Crippen LogP contribution in [0.5, 0.6) is 0 Å². The van der Waals surface area contributed by atoms with E-state index >= 15 is 0 Å². The minimum absolute atomic E-state index is 0.00339. The fraction of sp³-hybridized carbons (Fsp3) is 0.545. The van der Waals surface area contributed by atoms with Gasteiger partial charge in [-0.2, -0.15) is 0 Å². The van der Waals surface area contributed by atoms with Crippen molar-refractivity contribution in [3.05, 3.63) is 47.9 Å². The minimum Gasteiger partial charge on any atom is -0.464 e. The molecule has 2 aliphatic heterocycles. The van der Waals surface area contributed by atoms with Gasteiger partial charge in [0.05, 0.1) is 17.7 Å². The molecule has 9 nitrogen and oxygen atoms in total. The smallest absolute Gasteiger partial charge is 0.228 e. The first-order valence-electron chi connectivity index (χ1n) is 15.2. The predicted molar refractivity (Wildman–Crippen MR) is 162 cm³/mol. The number of furan rings is 1. The highest BCUT2D eigenvalue weighted by molar-refractivity contribution is 5.94. The Morgan fingerprint density at radius 3 is 2.64 bits per heavy atom. The van der Waals surface area contributed by atoms with E-state index in [2.05, 4.69) is 28.5 Å². The van der Waals surface area contributed by atoms with Gasteiger partial charge in [-0.25, -0.2) is 0 Å². The van der Waals surface area contributed by atoms with E-state index in [1.165, 1.54) is 0 Å². The van der Waals surface area contributed by atoms with Crippen LogP contribution in [0.4, 0.5) is 0 Å². The molecule has 0 bridgehead atoms. The summed E-state index contributed by atoms with van der Waals surface area (Å²) in [4.78, 5) is 49.0. The Morgan fingerprint density at radius 2 is 1.98 bits per heavy atom. The summed E-state index contributed by atoms with van der Waals surface area (Å²) in [5.41, 5.74) is 3.11. The van der Waals surface area contributed by atoms with Gasteiger partial charge in [-0.15, -0.1) is 0 Å². The number of hydrogen-bond donors (Lipinski definition) is 2. The number of nitrogens with one attached hydrogen (secondary N) is 2.